The molecule has 1 aromatic heterocycles. The molecule has 2 rings (SSSR count). The minimum absolute atomic E-state index is 0.177. The summed E-state index contributed by atoms with van der Waals surface area (Å²) in [7, 11) is 1.68. The van der Waals surface area contributed by atoms with Crippen LogP contribution in [-0.2, 0) is 11.2 Å². The lowest BCUT2D eigenvalue weighted by Crippen LogP contribution is -2.51. The zero-order chi connectivity index (χ0) is 15.5. The summed E-state index contributed by atoms with van der Waals surface area (Å²) in [5.74, 6) is 0.967. The van der Waals surface area contributed by atoms with Crippen LogP contribution in [0.3, 0.4) is 0 Å². The van der Waals surface area contributed by atoms with Crippen molar-refractivity contribution in [1.82, 2.24) is 9.97 Å². The second kappa shape index (κ2) is 6.71. The molecule has 1 fully saturated rings. The van der Waals surface area contributed by atoms with E-state index >= 15 is 0 Å². The fourth-order valence-electron chi connectivity index (χ4n) is 2.98. The Morgan fingerprint density at radius 3 is 2.90 bits per heavy atom. The summed E-state index contributed by atoms with van der Waals surface area (Å²) in [5.41, 5.74) is 1.61. The topological polar surface area (TPSA) is 58.5 Å². The molecule has 1 aromatic rings. The van der Waals surface area contributed by atoms with E-state index in [0.717, 1.165) is 43.1 Å². The van der Waals surface area contributed by atoms with E-state index in [1.165, 1.54) is 0 Å². The van der Waals surface area contributed by atoms with Gasteiger partial charge < -0.3 is 14.7 Å². The first kappa shape index (κ1) is 16.2. The molecular weight excluding hydrogens is 266 g/mol. The van der Waals surface area contributed by atoms with Crippen molar-refractivity contribution in [3.8, 4) is 0 Å². The van der Waals surface area contributed by atoms with E-state index in [4.69, 9.17) is 4.74 Å². The second-order valence-corrected chi connectivity index (χ2v) is 6.10. The van der Waals surface area contributed by atoms with Crippen LogP contribution in [0.5, 0.6) is 0 Å². The summed E-state index contributed by atoms with van der Waals surface area (Å²) >= 11 is 0. The van der Waals surface area contributed by atoms with Gasteiger partial charge in [0.1, 0.15) is 0 Å². The predicted octanol–water partition coefficient (Wildman–Crippen LogP) is 1.96. The monoisotopic (exact) mass is 293 g/mol. The number of piperidine rings is 1. The lowest BCUT2D eigenvalue weighted by atomic mass is 9.80. The molecule has 0 aromatic carbocycles. The highest BCUT2D eigenvalue weighted by Crippen LogP contribution is 2.32. The number of aliphatic hydroxyl groups is 1. The van der Waals surface area contributed by atoms with Crippen molar-refractivity contribution in [2.45, 2.75) is 45.6 Å². The molecule has 0 aliphatic carbocycles. The molecule has 0 radical (unpaired) electrons. The van der Waals surface area contributed by atoms with E-state index in [0.29, 0.717) is 13.0 Å². The number of methoxy groups -OCH3 is 1. The highest BCUT2D eigenvalue weighted by Gasteiger charge is 2.39. The van der Waals surface area contributed by atoms with Crippen molar-refractivity contribution in [3.05, 3.63) is 17.5 Å². The first-order valence-corrected chi connectivity index (χ1v) is 7.79. The minimum Gasteiger partial charge on any atom is -0.389 e. The highest BCUT2D eigenvalue weighted by atomic mass is 16.5. The lowest BCUT2D eigenvalue weighted by molar-refractivity contribution is -0.0490. The largest absolute Gasteiger partial charge is 0.389 e. The van der Waals surface area contributed by atoms with E-state index in [1.54, 1.807) is 7.11 Å². The van der Waals surface area contributed by atoms with Crippen LogP contribution in [-0.4, -0.2) is 47.5 Å². The van der Waals surface area contributed by atoms with Gasteiger partial charge in [-0.3, -0.25) is 0 Å². The zero-order valence-electron chi connectivity index (χ0n) is 13.6. The first-order chi connectivity index (χ1) is 10.00. The van der Waals surface area contributed by atoms with Gasteiger partial charge in [0.2, 0.25) is 5.95 Å². The standard InChI is InChI=1S/C16H27N3O2/c1-5-14-12(2)10-17-15(18-14)19-8-6-16(20,7-9-21-4)13(3)11-19/h10,13,20H,5-9,11H2,1-4H3/t13-,16-/m1/s1. The number of ether oxygens (including phenoxy) is 1. The molecular formula is C16H27N3O2. The van der Waals surface area contributed by atoms with Crippen molar-refractivity contribution < 1.29 is 9.84 Å². The normalized spacial score (nSPS) is 26.1. The molecule has 2 heterocycles. The van der Waals surface area contributed by atoms with Gasteiger partial charge in [0, 0.05) is 44.6 Å². The average molecular weight is 293 g/mol. The van der Waals surface area contributed by atoms with Crippen LogP contribution in [0.2, 0.25) is 0 Å². The van der Waals surface area contributed by atoms with Crippen LogP contribution in [0, 0.1) is 12.8 Å². The van der Waals surface area contributed by atoms with Crippen LogP contribution in [0.25, 0.3) is 0 Å². The van der Waals surface area contributed by atoms with Gasteiger partial charge >= 0.3 is 0 Å². The third kappa shape index (κ3) is 3.52. The van der Waals surface area contributed by atoms with Gasteiger partial charge in [0.15, 0.2) is 0 Å². The van der Waals surface area contributed by atoms with Gasteiger partial charge in [-0.15, -0.1) is 0 Å². The van der Waals surface area contributed by atoms with Gasteiger partial charge in [-0.2, -0.15) is 0 Å². The van der Waals surface area contributed by atoms with Gasteiger partial charge in [-0.05, 0) is 31.7 Å². The van der Waals surface area contributed by atoms with Crippen molar-refractivity contribution in [1.29, 1.82) is 0 Å². The Balaban J connectivity index is 2.08. The molecule has 1 saturated heterocycles. The van der Waals surface area contributed by atoms with Crippen LogP contribution >= 0.6 is 0 Å². The number of hydrogen-bond acceptors (Lipinski definition) is 5. The smallest absolute Gasteiger partial charge is 0.225 e. The average Bonchev–Trinajstić information content (AvgIpc) is 2.49. The molecule has 21 heavy (non-hydrogen) atoms. The van der Waals surface area contributed by atoms with E-state index in [2.05, 4.69) is 28.7 Å². The van der Waals surface area contributed by atoms with Crippen molar-refractivity contribution in [2.24, 2.45) is 5.92 Å². The maximum Gasteiger partial charge on any atom is 0.225 e. The molecule has 5 heteroatoms. The Bertz CT molecular complexity index is 481. The summed E-state index contributed by atoms with van der Waals surface area (Å²) in [6.07, 6.45) is 4.24. The molecule has 1 aliphatic rings. The van der Waals surface area contributed by atoms with E-state index in [1.807, 2.05) is 13.1 Å². The fraction of sp³-hybridized carbons (Fsp3) is 0.750. The van der Waals surface area contributed by atoms with Crippen LogP contribution in [0.1, 0.15) is 37.9 Å². The van der Waals surface area contributed by atoms with Crippen LogP contribution in [0.15, 0.2) is 6.20 Å². The van der Waals surface area contributed by atoms with E-state index < -0.39 is 5.60 Å². The van der Waals surface area contributed by atoms with Gasteiger partial charge in [0.25, 0.3) is 0 Å². The Morgan fingerprint density at radius 2 is 2.29 bits per heavy atom. The number of nitrogens with zero attached hydrogens (tertiary/aromatic N) is 3. The molecule has 5 nitrogen and oxygen atoms in total. The van der Waals surface area contributed by atoms with Crippen molar-refractivity contribution in [2.75, 3.05) is 31.7 Å². The maximum absolute atomic E-state index is 10.7. The lowest BCUT2D eigenvalue weighted by Gasteiger charge is -2.43. The SMILES string of the molecule is CCc1nc(N2CC[C@@](O)(CCOC)[C@H](C)C2)ncc1C. The molecule has 2 atom stereocenters. The molecule has 1 N–H and O–H groups in total. The molecule has 1 aliphatic heterocycles. The molecule has 0 bridgehead atoms. The van der Waals surface area contributed by atoms with Crippen LogP contribution < -0.4 is 4.90 Å². The third-order valence-corrected chi connectivity index (χ3v) is 4.65. The zero-order valence-corrected chi connectivity index (χ0v) is 13.6. The van der Waals surface area contributed by atoms with Crippen LogP contribution in [0.4, 0.5) is 5.95 Å². The molecule has 0 amide bonds. The van der Waals surface area contributed by atoms with Crippen molar-refractivity contribution in [3.63, 3.8) is 0 Å². The number of aromatic nitrogens is 2. The van der Waals surface area contributed by atoms with Gasteiger partial charge in [0.05, 0.1) is 5.60 Å². The summed E-state index contributed by atoms with van der Waals surface area (Å²) in [5, 5.41) is 10.7. The quantitative estimate of drug-likeness (QED) is 0.899. The predicted molar refractivity (Wildman–Crippen MR) is 83.6 cm³/mol. The maximum atomic E-state index is 10.7. The Labute approximate surface area is 127 Å². The van der Waals surface area contributed by atoms with Gasteiger partial charge in [-0.25, -0.2) is 9.97 Å². The summed E-state index contributed by atoms with van der Waals surface area (Å²) < 4.78 is 5.11. The second-order valence-electron chi connectivity index (χ2n) is 6.10. The van der Waals surface area contributed by atoms with E-state index in [-0.39, 0.29) is 5.92 Å². The first-order valence-electron chi connectivity index (χ1n) is 7.79. The Hall–Kier alpha value is -1.20. The summed E-state index contributed by atoms with van der Waals surface area (Å²) in [4.78, 5) is 11.3. The van der Waals surface area contributed by atoms with Crippen molar-refractivity contribution >= 4 is 5.95 Å². The third-order valence-electron chi connectivity index (χ3n) is 4.65. The summed E-state index contributed by atoms with van der Waals surface area (Å²) in [6.45, 7) is 8.42. The molecule has 0 saturated carbocycles. The Kier molecular flexibility index (Phi) is 5.17. The number of rotatable bonds is 5. The Morgan fingerprint density at radius 1 is 1.52 bits per heavy atom. The highest BCUT2D eigenvalue weighted by molar-refractivity contribution is 5.34. The van der Waals surface area contributed by atoms with Gasteiger partial charge in [-0.1, -0.05) is 13.8 Å². The number of aryl methyl sites for hydroxylation is 2. The molecule has 118 valence electrons. The molecule has 0 spiro atoms. The minimum atomic E-state index is -0.634. The summed E-state index contributed by atoms with van der Waals surface area (Å²) in [6, 6.07) is 0. The number of hydrogen-bond donors (Lipinski definition) is 1. The fourth-order valence-corrected chi connectivity index (χ4v) is 2.98. The number of anilines is 1. The molecule has 0 unspecified atom stereocenters. The van der Waals surface area contributed by atoms with E-state index in [9.17, 15) is 5.11 Å².